The van der Waals surface area contributed by atoms with Crippen molar-refractivity contribution in [2.24, 2.45) is 5.73 Å². The molecule has 1 aliphatic rings. The van der Waals surface area contributed by atoms with E-state index in [9.17, 15) is 12.8 Å². The van der Waals surface area contributed by atoms with Crippen LogP contribution in [0.5, 0.6) is 0 Å². The van der Waals surface area contributed by atoms with Crippen LogP contribution in [0, 0.1) is 5.82 Å². The molecule has 1 saturated heterocycles. The number of rotatable bonds is 4. The van der Waals surface area contributed by atoms with Gasteiger partial charge in [-0.25, -0.2) is 12.8 Å². The molecule has 1 aliphatic heterocycles. The smallest absolute Gasteiger partial charge is 0.215 e. The summed E-state index contributed by atoms with van der Waals surface area (Å²) in [6, 6.07) is 6.53. The van der Waals surface area contributed by atoms with Crippen LogP contribution in [0.3, 0.4) is 0 Å². The fourth-order valence-corrected chi connectivity index (χ4v) is 3.47. The number of hydrogen-bond donors (Lipinski definition) is 1. The van der Waals surface area contributed by atoms with E-state index < -0.39 is 10.0 Å². The van der Waals surface area contributed by atoms with E-state index in [0.717, 1.165) is 0 Å². The van der Waals surface area contributed by atoms with Gasteiger partial charge >= 0.3 is 0 Å². The summed E-state index contributed by atoms with van der Waals surface area (Å²) in [4.78, 5) is 1.86. The minimum atomic E-state index is -3.26. The Balaban J connectivity index is 2.02. The minimum Gasteiger partial charge on any atom is -0.367 e. The van der Waals surface area contributed by atoms with E-state index in [0.29, 0.717) is 31.9 Å². The highest BCUT2D eigenvalue weighted by atomic mass is 32.2. The molecule has 19 heavy (non-hydrogen) atoms. The Labute approximate surface area is 112 Å². The number of piperazine rings is 1. The van der Waals surface area contributed by atoms with E-state index >= 15 is 0 Å². The van der Waals surface area contributed by atoms with E-state index in [1.165, 1.54) is 10.4 Å². The van der Waals surface area contributed by atoms with E-state index in [2.05, 4.69) is 0 Å². The summed E-state index contributed by atoms with van der Waals surface area (Å²) < 4.78 is 38.8. The summed E-state index contributed by atoms with van der Waals surface area (Å²) in [7, 11) is -3.26. The lowest BCUT2D eigenvalue weighted by molar-refractivity contribution is 0.383. The van der Waals surface area contributed by atoms with Gasteiger partial charge in [-0.1, -0.05) is 12.1 Å². The standard InChI is InChI=1S/C12H18FN3O2S/c13-11-3-1-2-4-12(11)15-6-8-16(9-7-15)19(17,18)10-5-14/h1-4H,5-10,14H2. The van der Waals surface area contributed by atoms with Gasteiger partial charge < -0.3 is 10.6 Å². The Morgan fingerprint density at radius 1 is 1.16 bits per heavy atom. The van der Waals surface area contributed by atoms with Gasteiger partial charge in [0.15, 0.2) is 0 Å². The molecule has 0 aromatic heterocycles. The Kier molecular flexibility index (Phi) is 4.38. The lowest BCUT2D eigenvalue weighted by Gasteiger charge is -2.35. The zero-order valence-electron chi connectivity index (χ0n) is 10.6. The number of benzene rings is 1. The summed E-state index contributed by atoms with van der Waals surface area (Å²) in [5.41, 5.74) is 5.82. The van der Waals surface area contributed by atoms with Crippen molar-refractivity contribution in [2.75, 3.05) is 43.4 Å². The fourth-order valence-electron chi connectivity index (χ4n) is 2.19. The average molecular weight is 287 g/mol. The largest absolute Gasteiger partial charge is 0.367 e. The third kappa shape index (κ3) is 3.23. The second-order valence-electron chi connectivity index (χ2n) is 4.44. The molecule has 1 heterocycles. The van der Waals surface area contributed by atoms with Crippen molar-refractivity contribution in [3.05, 3.63) is 30.1 Å². The number of halogens is 1. The van der Waals surface area contributed by atoms with Gasteiger partial charge in [-0.05, 0) is 12.1 Å². The van der Waals surface area contributed by atoms with Gasteiger partial charge in [-0.3, -0.25) is 0 Å². The van der Waals surface area contributed by atoms with Gasteiger partial charge in [-0.2, -0.15) is 4.31 Å². The van der Waals surface area contributed by atoms with Crippen LogP contribution in [-0.4, -0.2) is 51.2 Å². The Morgan fingerprint density at radius 3 is 2.37 bits per heavy atom. The zero-order chi connectivity index (χ0) is 13.9. The molecular formula is C12H18FN3O2S. The van der Waals surface area contributed by atoms with Crippen LogP contribution in [0.1, 0.15) is 0 Å². The molecule has 0 saturated carbocycles. The van der Waals surface area contributed by atoms with Crippen molar-refractivity contribution < 1.29 is 12.8 Å². The lowest BCUT2D eigenvalue weighted by Crippen LogP contribution is -2.50. The van der Waals surface area contributed by atoms with Gasteiger partial charge in [0, 0.05) is 32.7 Å². The molecule has 2 rings (SSSR count). The lowest BCUT2D eigenvalue weighted by atomic mass is 10.2. The number of sulfonamides is 1. The van der Waals surface area contributed by atoms with Crippen molar-refractivity contribution in [1.82, 2.24) is 4.31 Å². The molecule has 0 radical (unpaired) electrons. The van der Waals surface area contributed by atoms with Crippen LogP contribution in [-0.2, 0) is 10.0 Å². The summed E-state index contributed by atoms with van der Waals surface area (Å²) >= 11 is 0. The predicted octanol–water partition coefficient (Wildman–Crippen LogP) is 0.236. The summed E-state index contributed by atoms with van der Waals surface area (Å²) in [5, 5.41) is 0. The van der Waals surface area contributed by atoms with E-state index in [1.54, 1.807) is 18.2 Å². The number of para-hydroxylation sites is 1. The van der Waals surface area contributed by atoms with Crippen molar-refractivity contribution in [2.45, 2.75) is 0 Å². The monoisotopic (exact) mass is 287 g/mol. The first-order valence-corrected chi connectivity index (χ1v) is 7.83. The Bertz CT molecular complexity index is 528. The highest BCUT2D eigenvalue weighted by molar-refractivity contribution is 7.89. The zero-order valence-corrected chi connectivity index (χ0v) is 11.4. The Hall–Kier alpha value is -1.18. The first kappa shape index (κ1) is 14.2. The third-order valence-corrected chi connectivity index (χ3v) is 5.10. The quantitative estimate of drug-likeness (QED) is 0.861. The van der Waals surface area contributed by atoms with E-state index in [1.807, 2.05) is 4.90 Å². The van der Waals surface area contributed by atoms with E-state index in [4.69, 9.17) is 5.73 Å². The van der Waals surface area contributed by atoms with Crippen LogP contribution in [0.15, 0.2) is 24.3 Å². The number of nitrogens with two attached hydrogens (primary N) is 1. The highest BCUT2D eigenvalue weighted by Gasteiger charge is 2.26. The van der Waals surface area contributed by atoms with E-state index in [-0.39, 0.29) is 18.1 Å². The second kappa shape index (κ2) is 5.85. The SMILES string of the molecule is NCCS(=O)(=O)N1CCN(c2ccccc2F)CC1. The van der Waals surface area contributed by atoms with Gasteiger partial charge in [0.2, 0.25) is 10.0 Å². The third-order valence-electron chi connectivity index (χ3n) is 3.20. The number of anilines is 1. The fraction of sp³-hybridized carbons (Fsp3) is 0.500. The van der Waals surface area contributed by atoms with Gasteiger partial charge in [0.25, 0.3) is 0 Å². The molecule has 1 aromatic carbocycles. The molecule has 5 nitrogen and oxygen atoms in total. The van der Waals surface area contributed by atoms with Gasteiger partial charge in [-0.15, -0.1) is 0 Å². The molecule has 106 valence electrons. The molecule has 0 amide bonds. The normalized spacial score (nSPS) is 17.7. The molecule has 7 heteroatoms. The molecule has 0 atom stereocenters. The molecule has 0 unspecified atom stereocenters. The maximum absolute atomic E-state index is 13.6. The molecule has 2 N–H and O–H groups in total. The molecule has 0 bridgehead atoms. The van der Waals surface area contributed by atoms with Gasteiger partial charge in [0.05, 0.1) is 11.4 Å². The molecule has 1 fully saturated rings. The van der Waals surface area contributed by atoms with Crippen molar-refractivity contribution in [3.63, 3.8) is 0 Å². The van der Waals surface area contributed by atoms with Crippen molar-refractivity contribution in [3.8, 4) is 0 Å². The van der Waals surface area contributed by atoms with Crippen LogP contribution >= 0.6 is 0 Å². The summed E-state index contributed by atoms with van der Waals surface area (Å²) in [6.07, 6.45) is 0. The van der Waals surface area contributed by atoms with Crippen LogP contribution in [0.2, 0.25) is 0 Å². The Morgan fingerprint density at radius 2 is 1.79 bits per heavy atom. The highest BCUT2D eigenvalue weighted by Crippen LogP contribution is 2.20. The first-order valence-electron chi connectivity index (χ1n) is 6.22. The molecule has 1 aromatic rings. The van der Waals surface area contributed by atoms with Gasteiger partial charge in [0.1, 0.15) is 5.82 Å². The molecular weight excluding hydrogens is 269 g/mol. The minimum absolute atomic E-state index is 0.0350. The first-order chi connectivity index (χ1) is 9.04. The number of nitrogens with zero attached hydrogens (tertiary/aromatic N) is 2. The summed E-state index contributed by atoms with van der Waals surface area (Å²) in [6.45, 7) is 1.85. The average Bonchev–Trinajstić information content (AvgIpc) is 2.39. The van der Waals surface area contributed by atoms with Crippen molar-refractivity contribution >= 4 is 15.7 Å². The number of hydrogen-bond acceptors (Lipinski definition) is 4. The van der Waals surface area contributed by atoms with Crippen LogP contribution in [0.25, 0.3) is 0 Å². The maximum atomic E-state index is 13.6. The van der Waals surface area contributed by atoms with Crippen LogP contribution in [0.4, 0.5) is 10.1 Å². The summed E-state index contributed by atoms with van der Waals surface area (Å²) in [5.74, 6) is -0.312. The van der Waals surface area contributed by atoms with Crippen LogP contribution < -0.4 is 10.6 Å². The molecule has 0 spiro atoms. The maximum Gasteiger partial charge on any atom is 0.215 e. The molecule has 0 aliphatic carbocycles. The predicted molar refractivity (Wildman–Crippen MR) is 73.0 cm³/mol. The second-order valence-corrected chi connectivity index (χ2v) is 6.53. The van der Waals surface area contributed by atoms with Crippen molar-refractivity contribution in [1.29, 1.82) is 0 Å². The topological polar surface area (TPSA) is 66.6 Å².